The maximum absolute atomic E-state index is 14.1. The summed E-state index contributed by atoms with van der Waals surface area (Å²) in [6.45, 7) is 7.94. The third kappa shape index (κ3) is 6.74. The zero-order chi connectivity index (χ0) is 30.5. The summed E-state index contributed by atoms with van der Waals surface area (Å²) < 4.78 is 0. The Balaban J connectivity index is 2.61. The number of hydrogen-bond donors (Lipinski definition) is 6. The van der Waals surface area contributed by atoms with Crippen molar-refractivity contribution in [2.24, 2.45) is 29.0 Å². The molecular formula is C26H43N7O7. The van der Waals surface area contributed by atoms with Crippen LogP contribution in [0.5, 0.6) is 0 Å². The molecule has 6 unspecified atom stereocenters. The summed E-state index contributed by atoms with van der Waals surface area (Å²) in [6, 6.07) is -5.67. The normalized spacial score (nSPS) is 21.1. The molecule has 1 aromatic heterocycles. The molecule has 0 spiro atoms. The number of nitrogens with two attached hydrogens (primary N) is 3. The molecule has 40 heavy (non-hydrogen) atoms. The van der Waals surface area contributed by atoms with Crippen LogP contribution in [0.4, 0.5) is 0 Å². The van der Waals surface area contributed by atoms with Crippen LogP contribution in [-0.2, 0) is 30.4 Å². The van der Waals surface area contributed by atoms with Crippen LogP contribution in [0.3, 0.4) is 0 Å². The molecule has 1 fully saturated rings. The second kappa shape index (κ2) is 13.4. The van der Waals surface area contributed by atoms with Crippen LogP contribution in [0, 0.1) is 11.8 Å². The number of nitrogens with zero attached hydrogens (tertiary/aromatic N) is 3. The van der Waals surface area contributed by atoms with E-state index in [9.17, 15) is 34.2 Å². The Morgan fingerprint density at radius 1 is 1.07 bits per heavy atom. The Hall–Kier alpha value is -3.20. The van der Waals surface area contributed by atoms with E-state index >= 15 is 0 Å². The Kier molecular flexibility index (Phi) is 11.1. The zero-order valence-electron chi connectivity index (χ0n) is 23.7. The minimum atomic E-state index is -2.33. The molecule has 3 amide bonds. The Labute approximate surface area is 233 Å². The predicted octanol–water partition coefficient (Wildman–Crippen LogP) is -1.24. The van der Waals surface area contributed by atoms with Gasteiger partial charge in [-0.15, -0.1) is 0 Å². The van der Waals surface area contributed by atoms with E-state index in [4.69, 9.17) is 17.2 Å². The van der Waals surface area contributed by atoms with Gasteiger partial charge in [0.2, 0.25) is 23.3 Å². The van der Waals surface area contributed by atoms with E-state index < -0.39 is 71.2 Å². The maximum atomic E-state index is 14.1. The number of Topliss-reactive ketones (excluding diaryl/α,β-unsaturated/α-hetero) is 1. The van der Waals surface area contributed by atoms with Gasteiger partial charge in [0.25, 0.3) is 0 Å². The van der Waals surface area contributed by atoms with Crippen LogP contribution in [0.15, 0.2) is 12.5 Å². The van der Waals surface area contributed by atoms with Crippen molar-refractivity contribution in [1.29, 1.82) is 0 Å². The lowest BCUT2D eigenvalue weighted by molar-refractivity contribution is -0.169. The molecule has 0 aliphatic carbocycles. The topological polar surface area (TPSA) is 239 Å². The van der Waals surface area contributed by atoms with Gasteiger partial charge in [-0.25, -0.2) is 9.78 Å². The predicted molar refractivity (Wildman–Crippen MR) is 144 cm³/mol. The fraction of sp³-hybridized carbons (Fsp3) is 0.692. The number of aliphatic hydroxyl groups excluding tert-OH is 1. The molecule has 1 aromatic rings. The molecule has 1 aliphatic rings. The van der Waals surface area contributed by atoms with Gasteiger partial charge in [-0.3, -0.25) is 24.1 Å². The lowest BCUT2D eigenvalue weighted by atomic mass is 9.82. The summed E-state index contributed by atoms with van der Waals surface area (Å²) in [5, 5.41) is 21.1. The second-order valence-electron chi connectivity index (χ2n) is 11.2. The molecular weight excluding hydrogens is 522 g/mol. The van der Waals surface area contributed by atoms with E-state index in [1.54, 1.807) is 13.8 Å². The molecule has 2 heterocycles. The molecule has 0 aromatic carbocycles. The quantitative estimate of drug-likeness (QED) is 0.154. The number of aromatic nitrogens is 2. The smallest absolute Gasteiger partial charge is 0.337 e. The second-order valence-corrected chi connectivity index (χ2v) is 11.2. The number of carbonyl (C=O) groups excluding carboxylic acids is 4. The molecule has 2 rings (SSSR count). The number of likely N-dealkylation sites (tertiary alicyclic amines) is 1. The molecule has 1 aliphatic heterocycles. The molecule has 9 N–H and O–H groups in total. The number of rotatable bonds is 13. The number of carbonyl (C=O) groups is 5. The number of aromatic amines is 1. The highest BCUT2D eigenvalue weighted by atomic mass is 16.4. The molecule has 0 bridgehead atoms. The number of hydrogen-bond acceptors (Lipinski definition) is 10. The number of nitrogens with one attached hydrogen (secondary N) is 1. The van der Waals surface area contributed by atoms with E-state index in [0.717, 1.165) is 4.90 Å². The number of H-pyrrole nitrogens is 1. The fourth-order valence-corrected chi connectivity index (χ4v) is 5.04. The first-order chi connectivity index (χ1) is 18.6. The number of imidazole rings is 1. The summed E-state index contributed by atoms with van der Waals surface area (Å²) in [5.41, 5.74) is 16.5. The third-order valence-electron chi connectivity index (χ3n) is 7.25. The van der Waals surface area contributed by atoms with Crippen LogP contribution in [0.1, 0.15) is 59.6 Å². The zero-order valence-corrected chi connectivity index (χ0v) is 23.7. The van der Waals surface area contributed by atoms with Gasteiger partial charge in [-0.1, -0.05) is 27.7 Å². The Morgan fingerprint density at radius 3 is 2.15 bits per heavy atom. The number of aliphatic carboxylic acids is 1. The highest BCUT2D eigenvalue weighted by Gasteiger charge is 2.59. The lowest BCUT2D eigenvalue weighted by Crippen LogP contribution is -2.69. The Morgan fingerprint density at radius 2 is 1.68 bits per heavy atom. The number of imide groups is 1. The van der Waals surface area contributed by atoms with Gasteiger partial charge < -0.3 is 37.3 Å². The summed E-state index contributed by atoms with van der Waals surface area (Å²) in [5.74, 6) is -5.98. The largest absolute Gasteiger partial charge is 0.479 e. The molecule has 0 radical (unpaired) electrons. The van der Waals surface area contributed by atoms with Crippen LogP contribution >= 0.6 is 0 Å². The first kappa shape index (κ1) is 33.0. The SMILES string of the molecule is CC(C)CC(N)C(=O)N(C(=O)C(N)Cc1cnc[nH]1)C(C(=O)N1CCCC1(C(=O)O)C(=O)C(N)C(C)C)C(C)O. The standard InChI is InChI=1S/C26H43N7O7/c1-13(2)9-17(27)22(36)33(23(37)18(28)10-16-11-30-12-31-16)20(15(5)34)24(38)32-8-6-7-26(32,25(39)40)21(35)19(29)14(3)4/h11-15,17-20,34H,6-10,27-29H2,1-5H3,(H,30,31)(H,39,40). The summed E-state index contributed by atoms with van der Waals surface area (Å²) in [7, 11) is 0. The van der Waals surface area contributed by atoms with Gasteiger partial charge in [0.15, 0.2) is 5.78 Å². The van der Waals surface area contributed by atoms with Crippen molar-refractivity contribution in [1.82, 2.24) is 19.8 Å². The minimum Gasteiger partial charge on any atom is -0.479 e. The third-order valence-corrected chi connectivity index (χ3v) is 7.25. The van der Waals surface area contributed by atoms with Gasteiger partial charge in [-0.05, 0) is 38.0 Å². The van der Waals surface area contributed by atoms with Crippen LogP contribution in [-0.4, -0.2) is 102 Å². The molecule has 224 valence electrons. The lowest BCUT2D eigenvalue weighted by Gasteiger charge is -2.41. The van der Waals surface area contributed by atoms with E-state index in [-0.39, 0.29) is 38.1 Å². The maximum Gasteiger partial charge on any atom is 0.337 e. The highest BCUT2D eigenvalue weighted by molar-refractivity contribution is 6.14. The first-order valence-electron chi connectivity index (χ1n) is 13.5. The van der Waals surface area contributed by atoms with Crippen molar-refractivity contribution in [2.75, 3.05) is 6.54 Å². The molecule has 0 saturated carbocycles. The van der Waals surface area contributed by atoms with Gasteiger partial charge >= 0.3 is 5.97 Å². The van der Waals surface area contributed by atoms with Crippen LogP contribution in [0.2, 0.25) is 0 Å². The average Bonchev–Trinajstić information content (AvgIpc) is 3.55. The molecule has 14 heteroatoms. The summed E-state index contributed by atoms with van der Waals surface area (Å²) in [6.07, 6.45) is 1.18. The summed E-state index contributed by atoms with van der Waals surface area (Å²) >= 11 is 0. The molecule has 1 saturated heterocycles. The first-order valence-corrected chi connectivity index (χ1v) is 13.5. The van der Waals surface area contributed by atoms with Crippen LogP contribution < -0.4 is 17.2 Å². The van der Waals surface area contributed by atoms with Crippen molar-refractivity contribution in [2.45, 2.75) is 96.1 Å². The van der Waals surface area contributed by atoms with Crippen molar-refractivity contribution in [3.05, 3.63) is 18.2 Å². The molecule has 6 atom stereocenters. The van der Waals surface area contributed by atoms with Gasteiger partial charge in [0.05, 0.1) is 30.6 Å². The molecule has 14 nitrogen and oxygen atoms in total. The number of carboxylic acids is 1. The van der Waals surface area contributed by atoms with E-state index in [2.05, 4.69) is 9.97 Å². The van der Waals surface area contributed by atoms with Crippen LogP contribution in [0.25, 0.3) is 0 Å². The van der Waals surface area contributed by atoms with E-state index in [1.165, 1.54) is 19.4 Å². The number of carboxylic acid groups (broad SMARTS) is 1. The van der Waals surface area contributed by atoms with Gasteiger partial charge in [0.1, 0.15) is 6.04 Å². The van der Waals surface area contributed by atoms with Gasteiger partial charge in [0, 0.05) is 24.9 Å². The fourth-order valence-electron chi connectivity index (χ4n) is 5.04. The highest BCUT2D eigenvalue weighted by Crippen LogP contribution is 2.34. The minimum absolute atomic E-state index is 0.0522. The number of aliphatic hydroxyl groups is 1. The number of ketones is 1. The number of amides is 3. The van der Waals surface area contributed by atoms with Crippen molar-refractivity contribution >= 4 is 29.5 Å². The van der Waals surface area contributed by atoms with E-state index in [1.807, 2.05) is 13.8 Å². The van der Waals surface area contributed by atoms with E-state index in [0.29, 0.717) is 10.6 Å². The monoisotopic (exact) mass is 565 g/mol. The van der Waals surface area contributed by atoms with Gasteiger partial charge in [-0.2, -0.15) is 0 Å². The van der Waals surface area contributed by atoms with Crippen molar-refractivity contribution in [3.8, 4) is 0 Å². The van der Waals surface area contributed by atoms with Crippen molar-refractivity contribution in [3.63, 3.8) is 0 Å². The average molecular weight is 566 g/mol. The Bertz CT molecular complexity index is 1080. The summed E-state index contributed by atoms with van der Waals surface area (Å²) in [4.78, 5) is 75.6. The van der Waals surface area contributed by atoms with Crippen molar-refractivity contribution < 1.29 is 34.2 Å².